The van der Waals surface area contributed by atoms with E-state index in [4.69, 9.17) is 11.6 Å². The van der Waals surface area contributed by atoms with E-state index in [1.807, 2.05) is 0 Å². The highest BCUT2D eigenvalue weighted by Gasteiger charge is 2.47. The number of fused-ring (bicyclic) bond motifs is 1. The van der Waals surface area contributed by atoms with Crippen LogP contribution in [0.3, 0.4) is 0 Å². The van der Waals surface area contributed by atoms with Crippen molar-refractivity contribution in [3.63, 3.8) is 0 Å². The number of aromatic nitrogens is 1. The molecule has 2 aliphatic rings. The number of anilines is 1. The quantitative estimate of drug-likeness (QED) is 0.789. The second-order valence-corrected chi connectivity index (χ2v) is 4.90. The Bertz CT molecular complexity index is 472. The maximum absolute atomic E-state index is 13.3. The number of nitrogens with one attached hydrogen (secondary N) is 2. The van der Waals surface area contributed by atoms with Crippen LogP contribution in [-0.4, -0.2) is 23.0 Å². The lowest BCUT2D eigenvalue weighted by atomic mass is 10.2. The summed E-state index contributed by atoms with van der Waals surface area (Å²) >= 11 is 5.65. The van der Waals surface area contributed by atoms with Crippen molar-refractivity contribution in [1.29, 1.82) is 0 Å². The van der Waals surface area contributed by atoms with E-state index < -0.39 is 5.82 Å². The molecule has 1 aliphatic carbocycles. The minimum absolute atomic E-state index is 0.107. The number of carbonyl (C=O) groups is 1. The molecule has 1 aliphatic heterocycles. The van der Waals surface area contributed by atoms with Crippen LogP contribution in [0.15, 0.2) is 12.1 Å². The lowest BCUT2D eigenvalue weighted by Crippen LogP contribution is -2.38. The molecule has 0 spiro atoms. The number of amides is 1. The fraction of sp³-hybridized carbons (Fsp3) is 0.455. The molecule has 2 N–H and O–H groups in total. The summed E-state index contributed by atoms with van der Waals surface area (Å²) in [6, 6.07) is 2.77. The molecule has 0 bridgehead atoms. The van der Waals surface area contributed by atoms with Gasteiger partial charge in [-0.15, -0.1) is 0 Å². The first-order valence-electron chi connectivity index (χ1n) is 5.52. The predicted octanol–water partition coefficient (Wildman–Crippen LogP) is 1.56. The summed E-state index contributed by atoms with van der Waals surface area (Å²) in [4.78, 5) is 15.6. The van der Waals surface area contributed by atoms with Crippen LogP contribution in [0.25, 0.3) is 0 Å². The van der Waals surface area contributed by atoms with Gasteiger partial charge in [-0.25, -0.2) is 9.37 Å². The van der Waals surface area contributed by atoms with E-state index in [0.29, 0.717) is 12.0 Å². The Kier molecular flexibility index (Phi) is 2.52. The average Bonchev–Trinajstić information content (AvgIpc) is 2.91. The Balaban J connectivity index is 1.69. The molecule has 0 aromatic carbocycles. The van der Waals surface area contributed by atoms with Crippen molar-refractivity contribution in [2.45, 2.75) is 24.9 Å². The van der Waals surface area contributed by atoms with E-state index in [1.54, 1.807) is 0 Å². The van der Waals surface area contributed by atoms with Crippen molar-refractivity contribution < 1.29 is 9.18 Å². The van der Waals surface area contributed by atoms with Crippen molar-refractivity contribution in [2.24, 2.45) is 5.92 Å². The molecule has 1 saturated carbocycles. The fourth-order valence-electron chi connectivity index (χ4n) is 2.23. The zero-order valence-corrected chi connectivity index (χ0v) is 9.67. The minimum atomic E-state index is -0.578. The third kappa shape index (κ3) is 2.12. The van der Waals surface area contributed by atoms with Gasteiger partial charge in [0.05, 0.1) is 6.04 Å². The van der Waals surface area contributed by atoms with Crippen LogP contribution < -0.4 is 10.6 Å². The number of halogens is 2. The van der Waals surface area contributed by atoms with Crippen molar-refractivity contribution in [3.05, 3.63) is 23.1 Å². The summed E-state index contributed by atoms with van der Waals surface area (Å²) in [7, 11) is 0. The number of pyridine rings is 1. The van der Waals surface area contributed by atoms with Crippen molar-refractivity contribution in [2.75, 3.05) is 5.32 Å². The normalized spacial score (nSPS) is 29.9. The second kappa shape index (κ2) is 3.92. The molecule has 2 fully saturated rings. The maximum Gasteiger partial charge on any atom is 0.242 e. The summed E-state index contributed by atoms with van der Waals surface area (Å²) in [6.45, 7) is 0. The smallest absolute Gasteiger partial charge is 0.242 e. The number of piperidine rings is 1. The van der Waals surface area contributed by atoms with Crippen LogP contribution >= 0.6 is 11.6 Å². The monoisotopic (exact) mass is 255 g/mol. The van der Waals surface area contributed by atoms with Gasteiger partial charge in [0.15, 0.2) is 11.6 Å². The molecule has 1 amide bonds. The van der Waals surface area contributed by atoms with Crippen LogP contribution in [-0.2, 0) is 4.79 Å². The Hall–Kier alpha value is -1.20. The number of rotatable bonds is 2. The summed E-state index contributed by atoms with van der Waals surface area (Å²) in [6.07, 6.45) is 1.96. The van der Waals surface area contributed by atoms with Crippen molar-refractivity contribution in [3.8, 4) is 0 Å². The second-order valence-electron chi connectivity index (χ2n) is 4.51. The molecular weight excluding hydrogens is 245 g/mol. The van der Waals surface area contributed by atoms with Gasteiger partial charge in [0.25, 0.3) is 0 Å². The highest BCUT2D eigenvalue weighted by molar-refractivity contribution is 6.29. The molecule has 0 unspecified atom stereocenters. The summed E-state index contributed by atoms with van der Waals surface area (Å²) < 4.78 is 13.3. The first-order chi connectivity index (χ1) is 8.13. The third-order valence-corrected chi connectivity index (χ3v) is 3.46. The fourth-order valence-corrected chi connectivity index (χ4v) is 2.38. The van der Waals surface area contributed by atoms with Gasteiger partial charge in [-0.05, 0) is 30.9 Å². The first-order valence-corrected chi connectivity index (χ1v) is 5.90. The van der Waals surface area contributed by atoms with Crippen LogP contribution in [0.4, 0.5) is 10.2 Å². The molecule has 3 atom stereocenters. The van der Waals surface area contributed by atoms with E-state index in [-0.39, 0.29) is 22.9 Å². The highest BCUT2D eigenvalue weighted by Crippen LogP contribution is 2.40. The lowest BCUT2D eigenvalue weighted by Gasteiger charge is -2.13. The largest absolute Gasteiger partial charge is 0.307 e. The van der Waals surface area contributed by atoms with Crippen LogP contribution in [0, 0.1) is 11.7 Å². The molecule has 1 saturated heterocycles. The van der Waals surface area contributed by atoms with Gasteiger partial charge < -0.3 is 10.6 Å². The standard InChI is InChI=1S/C11H11ClFN3O/c12-9-2-1-6(13)10(15-9)16-11(17)8-4-5-3-7(5)14-8/h1-2,5,7-8,14H,3-4H2,(H,15,16,17)/t5-,7-,8+/m1/s1. The number of hydrogen-bond donors (Lipinski definition) is 2. The van der Waals surface area contributed by atoms with E-state index in [9.17, 15) is 9.18 Å². The zero-order chi connectivity index (χ0) is 12.0. The molecule has 6 heteroatoms. The Morgan fingerprint density at radius 3 is 3.06 bits per heavy atom. The summed E-state index contributed by atoms with van der Waals surface area (Å²) in [5.74, 6) is -0.315. The van der Waals surface area contributed by atoms with Gasteiger partial charge in [-0.2, -0.15) is 0 Å². The van der Waals surface area contributed by atoms with Crippen molar-refractivity contribution in [1.82, 2.24) is 10.3 Å². The molecule has 2 heterocycles. The topological polar surface area (TPSA) is 54.0 Å². The Morgan fingerprint density at radius 2 is 2.35 bits per heavy atom. The number of hydrogen-bond acceptors (Lipinski definition) is 3. The zero-order valence-electron chi connectivity index (χ0n) is 8.91. The van der Waals surface area contributed by atoms with E-state index >= 15 is 0 Å². The Labute approximate surface area is 103 Å². The molecule has 3 rings (SSSR count). The van der Waals surface area contributed by atoms with Crippen LogP contribution in [0.5, 0.6) is 0 Å². The molecule has 1 aromatic heterocycles. The van der Waals surface area contributed by atoms with Gasteiger partial charge in [-0.1, -0.05) is 11.6 Å². The molecular formula is C11H11ClFN3O. The van der Waals surface area contributed by atoms with Crippen molar-refractivity contribution >= 4 is 23.3 Å². The number of nitrogens with zero attached hydrogens (tertiary/aromatic N) is 1. The summed E-state index contributed by atoms with van der Waals surface area (Å²) in [5.41, 5.74) is 0. The minimum Gasteiger partial charge on any atom is -0.307 e. The SMILES string of the molecule is O=C(Nc1nc(Cl)ccc1F)[C@@H]1C[C@H]2C[C@H]2N1. The van der Waals surface area contributed by atoms with Gasteiger partial charge in [-0.3, -0.25) is 4.79 Å². The molecule has 17 heavy (non-hydrogen) atoms. The third-order valence-electron chi connectivity index (χ3n) is 3.25. The molecule has 1 aromatic rings. The Morgan fingerprint density at radius 1 is 1.53 bits per heavy atom. The van der Waals surface area contributed by atoms with E-state index in [1.165, 1.54) is 12.1 Å². The van der Waals surface area contributed by atoms with Crippen LogP contribution in [0.2, 0.25) is 5.15 Å². The van der Waals surface area contributed by atoms with E-state index in [0.717, 1.165) is 12.8 Å². The predicted molar refractivity (Wildman–Crippen MR) is 61.3 cm³/mol. The maximum atomic E-state index is 13.3. The number of carbonyl (C=O) groups excluding carboxylic acids is 1. The van der Waals surface area contributed by atoms with Gasteiger partial charge >= 0.3 is 0 Å². The van der Waals surface area contributed by atoms with Gasteiger partial charge in [0.2, 0.25) is 5.91 Å². The average molecular weight is 256 g/mol. The van der Waals surface area contributed by atoms with Gasteiger partial charge in [0.1, 0.15) is 5.15 Å². The van der Waals surface area contributed by atoms with Gasteiger partial charge in [0, 0.05) is 6.04 Å². The van der Waals surface area contributed by atoms with Crippen LogP contribution in [0.1, 0.15) is 12.8 Å². The highest BCUT2D eigenvalue weighted by atomic mass is 35.5. The molecule has 90 valence electrons. The lowest BCUT2D eigenvalue weighted by molar-refractivity contribution is -0.118. The molecule has 4 nitrogen and oxygen atoms in total. The first kappa shape index (κ1) is 10.9. The van der Waals surface area contributed by atoms with E-state index in [2.05, 4.69) is 15.6 Å². The summed E-state index contributed by atoms with van der Waals surface area (Å²) in [5, 5.41) is 5.81. The molecule has 0 radical (unpaired) electrons.